The zero-order valence-electron chi connectivity index (χ0n) is 12.5. The van der Waals surface area contributed by atoms with Gasteiger partial charge in [0.05, 0.1) is 6.07 Å². The summed E-state index contributed by atoms with van der Waals surface area (Å²) in [4.78, 5) is 0. The summed E-state index contributed by atoms with van der Waals surface area (Å²) in [5, 5.41) is 8.92. The lowest BCUT2D eigenvalue weighted by Crippen LogP contribution is -2.17. The highest BCUT2D eigenvalue weighted by Gasteiger charge is 2.23. The van der Waals surface area contributed by atoms with Crippen LogP contribution in [0.2, 0.25) is 0 Å². The number of hydrogen-bond acceptors (Lipinski definition) is 1. The van der Waals surface area contributed by atoms with Gasteiger partial charge < -0.3 is 0 Å². The van der Waals surface area contributed by atoms with E-state index in [-0.39, 0.29) is 0 Å². The van der Waals surface area contributed by atoms with Gasteiger partial charge in [-0.15, -0.1) is 0 Å². The second-order valence-electron chi connectivity index (χ2n) is 6.73. The summed E-state index contributed by atoms with van der Waals surface area (Å²) >= 11 is 0. The standard InChI is InChI=1S/C18H29N/c1-2-3-15-4-6-16(7-5-15)8-9-17-10-12-18(14-19)13-11-17/h2-3,15-18H,4-13H2,1H3/b3-2+/t15-,16-,17-,18-. The Morgan fingerprint density at radius 1 is 0.895 bits per heavy atom. The molecule has 0 aliphatic heterocycles. The van der Waals surface area contributed by atoms with Crippen LogP contribution in [0.5, 0.6) is 0 Å². The quantitative estimate of drug-likeness (QED) is 0.613. The van der Waals surface area contributed by atoms with Gasteiger partial charge in [0, 0.05) is 5.92 Å². The van der Waals surface area contributed by atoms with Gasteiger partial charge in [0.15, 0.2) is 0 Å². The van der Waals surface area contributed by atoms with Gasteiger partial charge in [0.1, 0.15) is 0 Å². The fourth-order valence-electron chi connectivity index (χ4n) is 3.99. The summed E-state index contributed by atoms with van der Waals surface area (Å²) in [7, 11) is 0. The minimum absolute atomic E-state index is 0.368. The highest BCUT2D eigenvalue weighted by atomic mass is 14.3. The zero-order chi connectivity index (χ0) is 13.5. The summed E-state index contributed by atoms with van der Waals surface area (Å²) in [6.45, 7) is 2.14. The average molecular weight is 259 g/mol. The fraction of sp³-hybridized carbons (Fsp3) is 0.833. The summed E-state index contributed by atoms with van der Waals surface area (Å²) in [6.07, 6.45) is 18.2. The van der Waals surface area contributed by atoms with E-state index in [2.05, 4.69) is 25.1 Å². The second kappa shape index (κ2) is 7.73. The van der Waals surface area contributed by atoms with Crippen LogP contribution in [0.15, 0.2) is 12.2 Å². The summed E-state index contributed by atoms with van der Waals surface area (Å²) in [5.74, 6) is 3.16. The Morgan fingerprint density at radius 2 is 1.42 bits per heavy atom. The zero-order valence-corrected chi connectivity index (χ0v) is 12.5. The molecule has 0 atom stereocenters. The van der Waals surface area contributed by atoms with Crippen molar-refractivity contribution >= 4 is 0 Å². The second-order valence-corrected chi connectivity index (χ2v) is 6.73. The lowest BCUT2D eigenvalue weighted by atomic mass is 9.76. The molecule has 2 fully saturated rings. The Morgan fingerprint density at radius 3 is 1.89 bits per heavy atom. The van der Waals surface area contributed by atoms with Gasteiger partial charge >= 0.3 is 0 Å². The third-order valence-electron chi connectivity index (χ3n) is 5.37. The highest BCUT2D eigenvalue weighted by Crippen LogP contribution is 2.36. The summed E-state index contributed by atoms with van der Waals surface area (Å²) in [5.41, 5.74) is 0. The molecule has 0 heterocycles. The maximum atomic E-state index is 8.92. The third kappa shape index (κ3) is 4.68. The fourth-order valence-corrected chi connectivity index (χ4v) is 3.99. The number of hydrogen-bond donors (Lipinski definition) is 0. The van der Waals surface area contributed by atoms with Gasteiger partial charge in [-0.05, 0) is 76.0 Å². The van der Waals surface area contributed by atoms with E-state index >= 15 is 0 Å². The molecule has 0 saturated heterocycles. The van der Waals surface area contributed by atoms with E-state index in [1.54, 1.807) is 0 Å². The minimum atomic E-state index is 0.368. The van der Waals surface area contributed by atoms with Crippen LogP contribution in [-0.4, -0.2) is 0 Å². The summed E-state index contributed by atoms with van der Waals surface area (Å²) in [6, 6.07) is 2.44. The third-order valence-corrected chi connectivity index (χ3v) is 5.37. The first kappa shape index (κ1) is 14.6. The predicted molar refractivity (Wildman–Crippen MR) is 80.6 cm³/mol. The molecule has 2 aliphatic rings. The molecule has 1 heteroatoms. The molecular weight excluding hydrogens is 230 g/mol. The molecule has 0 aromatic rings. The predicted octanol–water partition coefficient (Wildman–Crippen LogP) is 5.48. The maximum Gasteiger partial charge on any atom is 0.0655 e. The Hall–Kier alpha value is -0.770. The maximum absolute atomic E-state index is 8.92. The molecule has 106 valence electrons. The number of nitriles is 1. The van der Waals surface area contributed by atoms with Gasteiger partial charge in [0.25, 0.3) is 0 Å². The molecule has 0 bridgehead atoms. The van der Waals surface area contributed by atoms with Crippen LogP contribution < -0.4 is 0 Å². The van der Waals surface area contributed by atoms with Crippen molar-refractivity contribution in [1.29, 1.82) is 5.26 Å². The van der Waals surface area contributed by atoms with Crippen molar-refractivity contribution in [3.05, 3.63) is 12.2 Å². The first-order valence-corrected chi connectivity index (χ1v) is 8.34. The molecule has 0 aromatic carbocycles. The molecule has 2 aliphatic carbocycles. The van der Waals surface area contributed by atoms with Crippen molar-refractivity contribution in [3.8, 4) is 6.07 Å². The molecule has 0 spiro atoms. The van der Waals surface area contributed by atoms with Crippen molar-refractivity contribution < 1.29 is 0 Å². The first-order valence-electron chi connectivity index (χ1n) is 8.34. The molecule has 0 radical (unpaired) electrons. The normalized spacial score (nSPS) is 36.2. The van der Waals surface area contributed by atoms with Gasteiger partial charge in [-0.2, -0.15) is 5.26 Å². The van der Waals surface area contributed by atoms with Crippen molar-refractivity contribution in [2.24, 2.45) is 23.7 Å². The van der Waals surface area contributed by atoms with Crippen LogP contribution >= 0.6 is 0 Å². The van der Waals surface area contributed by atoms with Gasteiger partial charge in [-0.1, -0.05) is 25.0 Å². The van der Waals surface area contributed by atoms with E-state index in [0.29, 0.717) is 5.92 Å². The molecule has 0 unspecified atom stereocenters. The van der Waals surface area contributed by atoms with Crippen LogP contribution in [0.25, 0.3) is 0 Å². The molecule has 2 saturated carbocycles. The largest absolute Gasteiger partial charge is 0.198 e. The SMILES string of the molecule is C/C=C/[C@H]1CC[C@H](CC[C@H]2CC[C@H](C#N)CC2)CC1. The van der Waals surface area contributed by atoms with Crippen molar-refractivity contribution in [3.63, 3.8) is 0 Å². The Kier molecular flexibility index (Phi) is 5.95. The minimum Gasteiger partial charge on any atom is -0.198 e. The number of allylic oxidation sites excluding steroid dienone is 2. The van der Waals surface area contributed by atoms with E-state index < -0.39 is 0 Å². The van der Waals surface area contributed by atoms with E-state index in [9.17, 15) is 0 Å². The van der Waals surface area contributed by atoms with E-state index in [4.69, 9.17) is 5.26 Å². The van der Waals surface area contributed by atoms with Gasteiger partial charge in [-0.25, -0.2) is 0 Å². The van der Waals surface area contributed by atoms with Gasteiger partial charge in [0.2, 0.25) is 0 Å². The molecular formula is C18H29N. The molecule has 19 heavy (non-hydrogen) atoms. The van der Waals surface area contributed by atoms with Crippen LogP contribution in [-0.2, 0) is 0 Å². The first-order chi connectivity index (χ1) is 9.31. The smallest absolute Gasteiger partial charge is 0.0655 e. The Bertz CT molecular complexity index is 309. The topological polar surface area (TPSA) is 23.8 Å². The molecule has 0 N–H and O–H groups in total. The Labute approximate surface area is 119 Å². The highest BCUT2D eigenvalue weighted by molar-refractivity contribution is 4.89. The lowest BCUT2D eigenvalue weighted by molar-refractivity contribution is 0.242. The molecule has 2 rings (SSSR count). The molecule has 0 amide bonds. The monoisotopic (exact) mass is 259 g/mol. The average Bonchev–Trinajstić information content (AvgIpc) is 2.47. The van der Waals surface area contributed by atoms with E-state index in [0.717, 1.165) is 30.6 Å². The molecule has 1 nitrogen and oxygen atoms in total. The Balaban J connectivity index is 1.61. The van der Waals surface area contributed by atoms with Crippen molar-refractivity contribution in [1.82, 2.24) is 0 Å². The molecule has 0 aromatic heterocycles. The van der Waals surface area contributed by atoms with Crippen LogP contribution in [0.4, 0.5) is 0 Å². The van der Waals surface area contributed by atoms with Crippen LogP contribution in [0.3, 0.4) is 0 Å². The van der Waals surface area contributed by atoms with Crippen LogP contribution in [0, 0.1) is 35.0 Å². The van der Waals surface area contributed by atoms with E-state index in [1.165, 1.54) is 51.4 Å². The lowest BCUT2D eigenvalue weighted by Gasteiger charge is -2.30. The number of nitrogens with zero attached hydrogens (tertiary/aromatic N) is 1. The van der Waals surface area contributed by atoms with E-state index in [1.807, 2.05) is 0 Å². The van der Waals surface area contributed by atoms with Gasteiger partial charge in [-0.3, -0.25) is 0 Å². The summed E-state index contributed by atoms with van der Waals surface area (Å²) < 4.78 is 0. The number of rotatable bonds is 4. The van der Waals surface area contributed by atoms with Crippen molar-refractivity contribution in [2.45, 2.75) is 71.1 Å². The van der Waals surface area contributed by atoms with Crippen molar-refractivity contribution in [2.75, 3.05) is 0 Å². The van der Waals surface area contributed by atoms with Crippen LogP contribution in [0.1, 0.15) is 71.1 Å².